The molecule has 27 N–H and O–H groups in total. The monoisotopic (exact) mass is 1540 g/mol. The number of hydrogen-bond donors (Lipinski definition) is 27. The molecule has 0 aromatic rings. The van der Waals surface area contributed by atoms with Gasteiger partial charge in [-0.1, -0.05) is 0 Å². The second-order valence-electron chi connectivity index (χ2n) is 26.1. The van der Waals surface area contributed by atoms with Crippen molar-refractivity contribution in [1.82, 2.24) is 21.3 Å². The highest BCUT2D eigenvalue weighted by Gasteiger charge is 2.60. The SMILES string of the molecule is CC(=O)N[C@H]1[C@H](OC[C@H]2O[C@@H](O[C@H]3[C@H](O)[C@@H](NC(C)=O)[C@H](O[C@H]4[C@@H](O)[C@@H](CO)O[C@@H](O[C@H]5[C@H](O)[C@@H](NC(C)=O)[C@H](O[C@H]6[C@@H](O)[C@@H](CO)O[C@@H](O[C@H]7[C@H](O)[C@@H](O)[C@H](OC[C@@H](CO)NC=O)O[C@@H]7CO)[C@@H]6O)O[C@@H]5CO)[C@@H]4O)O[C@@H]3CO)[C@H](O)[C@@H](O)[C@H]2O)O[C@H](CO)[C@@H](O[C@@H]2O[C@H](CO)[C@H](O)[C@H](O)[C@H]2O)[C@@H]1O. The molecule has 41 atom stereocenters. The topological polar surface area (TPSA) is 729 Å². The summed E-state index contributed by atoms with van der Waals surface area (Å²) in [6.45, 7) is -6.28. The zero-order valence-corrected chi connectivity index (χ0v) is 56.3. The average molecular weight is 1540 g/mol. The van der Waals surface area contributed by atoms with E-state index in [9.17, 15) is 137 Å². The highest BCUT2D eigenvalue weighted by Crippen LogP contribution is 2.39. The smallest absolute Gasteiger partial charge is 0.217 e. The third kappa shape index (κ3) is 19.8. The molecule has 8 saturated heterocycles. The molecule has 8 aliphatic heterocycles. The summed E-state index contributed by atoms with van der Waals surface area (Å²) in [5.41, 5.74) is 0. The maximum Gasteiger partial charge on any atom is 0.217 e. The fourth-order valence-electron chi connectivity index (χ4n) is 13.2. The zero-order chi connectivity index (χ0) is 77.3. The predicted octanol–water partition coefficient (Wildman–Crippen LogP) is -18.9. The molecule has 47 nitrogen and oxygen atoms in total. The van der Waals surface area contributed by atoms with Gasteiger partial charge in [0.1, 0.15) is 195 Å². The number of nitrogens with one attached hydrogen (secondary N) is 4. The van der Waals surface area contributed by atoms with Gasteiger partial charge in [-0.15, -0.1) is 0 Å². The Morgan fingerprint density at radius 2 is 0.600 bits per heavy atom. The molecule has 0 bridgehead atoms. The van der Waals surface area contributed by atoms with Crippen LogP contribution in [0.4, 0.5) is 0 Å². The van der Waals surface area contributed by atoms with Crippen molar-refractivity contribution in [2.45, 2.75) is 272 Å². The molecule has 0 aromatic heterocycles. The van der Waals surface area contributed by atoms with E-state index in [0.717, 1.165) is 20.8 Å². The molecule has 8 fully saturated rings. The molecule has 0 saturated carbocycles. The van der Waals surface area contributed by atoms with Crippen molar-refractivity contribution in [3.63, 3.8) is 0 Å². The fraction of sp³-hybridized carbons (Fsp3) is 0.931. The lowest BCUT2D eigenvalue weighted by atomic mass is 9.93. The molecular weight excluding hydrogens is 1440 g/mol. The van der Waals surface area contributed by atoms with Gasteiger partial charge in [-0.2, -0.15) is 0 Å². The minimum Gasteiger partial charge on any atom is -0.394 e. The summed E-state index contributed by atoms with van der Waals surface area (Å²) in [7, 11) is 0. The summed E-state index contributed by atoms with van der Waals surface area (Å²) < 4.78 is 92.5. The van der Waals surface area contributed by atoms with Crippen molar-refractivity contribution < 1.29 is 212 Å². The van der Waals surface area contributed by atoms with Crippen molar-refractivity contribution in [3.8, 4) is 0 Å². The number of ether oxygens (including phenoxy) is 16. The van der Waals surface area contributed by atoms with Gasteiger partial charge in [-0.3, -0.25) is 19.2 Å². The molecule has 608 valence electrons. The van der Waals surface area contributed by atoms with Crippen LogP contribution in [0, 0.1) is 0 Å². The number of rotatable bonds is 31. The molecule has 8 aliphatic rings. The maximum absolute atomic E-state index is 12.9. The van der Waals surface area contributed by atoms with E-state index in [1.54, 1.807) is 0 Å². The van der Waals surface area contributed by atoms with Crippen molar-refractivity contribution >= 4 is 24.1 Å². The van der Waals surface area contributed by atoms with E-state index in [1.165, 1.54) is 0 Å². The van der Waals surface area contributed by atoms with Crippen LogP contribution in [0.5, 0.6) is 0 Å². The molecule has 0 unspecified atom stereocenters. The summed E-state index contributed by atoms with van der Waals surface area (Å²) in [5.74, 6) is -2.66. The quantitative estimate of drug-likeness (QED) is 0.0287. The maximum atomic E-state index is 12.9. The first-order chi connectivity index (χ1) is 49.8. The number of carbonyl (C=O) groups excluding carboxylic acids is 4. The Morgan fingerprint density at radius 3 is 0.952 bits per heavy atom. The molecule has 0 aromatic carbocycles. The summed E-state index contributed by atoms with van der Waals surface area (Å²) in [6, 6.07) is -6.44. The molecule has 105 heavy (non-hydrogen) atoms. The van der Waals surface area contributed by atoms with E-state index in [2.05, 4.69) is 21.3 Å². The number of aliphatic hydroxyl groups is 23. The van der Waals surface area contributed by atoms with Gasteiger partial charge >= 0.3 is 0 Å². The average Bonchev–Trinajstić information content (AvgIpc) is 0.773. The van der Waals surface area contributed by atoms with Crippen LogP contribution in [0.15, 0.2) is 0 Å². The number of aliphatic hydroxyl groups excluding tert-OH is 23. The number of carbonyl (C=O) groups is 4. The lowest BCUT2D eigenvalue weighted by molar-refractivity contribution is -0.387. The Labute approximate surface area is 594 Å². The fourth-order valence-corrected chi connectivity index (χ4v) is 13.2. The molecule has 0 radical (unpaired) electrons. The van der Waals surface area contributed by atoms with Crippen LogP contribution < -0.4 is 21.3 Å². The zero-order valence-electron chi connectivity index (χ0n) is 56.3. The third-order valence-electron chi connectivity index (χ3n) is 18.8. The van der Waals surface area contributed by atoms with Gasteiger partial charge in [0.15, 0.2) is 50.3 Å². The first-order valence-corrected chi connectivity index (χ1v) is 33.3. The molecule has 8 rings (SSSR count). The Hall–Kier alpha value is -3.68. The lowest BCUT2D eigenvalue weighted by Crippen LogP contribution is -2.70. The van der Waals surface area contributed by atoms with Gasteiger partial charge in [0.25, 0.3) is 0 Å². The first-order valence-electron chi connectivity index (χ1n) is 33.3. The minimum atomic E-state index is -2.33. The van der Waals surface area contributed by atoms with Gasteiger partial charge in [0.05, 0.1) is 72.1 Å². The van der Waals surface area contributed by atoms with Crippen LogP contribution in [0.3, 0.4) is 0 Å². The molecular formula is C58H98N4O43. The second kappa shape index (κ2) is 39.0. The van der Waals surface area contributed by atoms with Crippen LogP contribution in [0.1, 0.15) is 20.8 Å². The van der Waals surface area contributed by atoms with Gasteiger partial charge in [-0.25, -0.2) is 0 Å². The van der Waals surface area contributed by atoms with Crippen molar-refractivity contribution in [1.29, 1.82) is 0 Å². The molecule has 0 aliphatic carbocycles. The highest BCUT2D eigenvalue weighted by molar-refractivity contribution is 5.74. The van der Waals surface area contributed by atoms with Gasteiger partial charge in [0.2, 0.25) is 24.1 Å². The van der Waals surface area contributed by atoms with Crippen molar-refractivity contribution in [3.05, 3.63) is 0 Å². The van der Waals surface area contributed by atoms with E-state index in [4.69, 9.17) is 75.8 Å². The van der Waals surface area contributed by atoms with Crippen LogP contribution in [0.2, 0.25) is 0 Å². The number of hydrogen-bond acceptors (Lipinski definition) is 43. The minimum absolute atomic E-state index is 0.261. The lowest BCUT2D eigenvalue weighted by Gasteiger charge is -2.51. The molecule has 4 amide bonds. The summed E-state index contributed by atoms with van der Waals surface area (Å²) >= 11 is 0. The Kier molecular flexibility index (Phi) is 32.3. The van der Waals surface area contributed by atoms with Gasteiger partial charge in [0, 0.05) is 20.8 Å². The largest absolute Gasteiger partial charge is 0.394 e. The Morgan fingerprint density at radius 1 is 0.314 bits per heavy atom. The van der Waals surface area contributed by atoms with Gasteiger partial charge in [-0.05, 0) is 0 Å². The van der Waals surface area contributed by atoms with Crippen LogP contribution in [-0.4, -0.2) is 459 Å². The van der Waals surface area contributed by atoms with Crippen LogP contribution >= 0.6 is 0 Å². The van der Waals surface area contributed by atoms with Crippen LogP contribution in [-0.2, 0) is 95.0 Å². The summed E-state index contributed by atoms with van der Waals surface area (Å²) in [5, 5.41) is 261. The normalized spacial score (nSPS) is 47.3. The Bertz CT molecular complexity index is 2700. The first kappa shape index (κ1) is 86.9. The standard InChI is InChI=1S/C58H98N4O43/c1-15(72)60-27-34(79)45(100-55-40(85)37(82)30(75)19(5-64)92-55)22(8-67)95-51(27)91-13-26-31(76)38(83)41(86)56(99-26)101-46-23(9-68)96-52(28(35(46)80)61-16(2)73)104-49-32(77)20(6-65)93-57(43(49)88)102-47-24(10-69)97-53(29(36(47)81)62-17(3)74)105-50-33(78)21(7-66)94-58(44(50)89)103-48-25(11-70)98-54(42(87)39(48)84)90-12-18(4-63)59-14-71/h14,18-58,63-70,75-89H,4-13H2,1-3H3,(H,59,71)(H,60,72)(H,61,73)(H,62,74)/t18-,19-,20-,21-,22-,23-,24-,25-,26-,27-,28-,29-,30+,31+,32+,33+,34-,35-,36-,37+,38+,39-,40-,41-,42-,43-,44-,45-,46-,47-,48-,49+,50+,51-,52+,53+,54-,55+,56+,57+,58+/m1/s1. The second-order valence-corrected chi connectivity index (χ2v) is 26.1. The summed E-state index contributed by atoms with van der Waals surface area (Å²) in [4.78, 5) is 49.1. The van der Waals surface area contributed by atoms with Crippen LogP contribution in [0.25, 0.3) is 0 Å². The van der Waals surface area contributed by atoms with E-state index in [-0.39, 0.29) is 6.41 Å². The van der Waals surface area contributed by atoms with Crippen molar-refractivity contribution in [2.75, 3.05) is 66.1 Å². The van der Waals surface area contributed by atoms with Crippen molar-refractivity contribution in [2.24, 2.45) is 0 Å². The highest BCUT2D eigenvalue weighted by atomic mass is 16.8. The summed E-state index contributed by atoms with van der Waals surface area (Å²) in [6.07, 6.45) is -72.4. The van der Waals surface area contributed by atoms with E-state index in [1.807, 2.05) is 0 Å². The van der Waals surface area contributed by atoms with E-state index < -0.39 is 335 Å². The van der Waals surface area contributed by atoms with Gasteiger partial charge < -0.3 is 215 Å². The molecule has 8 heterocycles. The third-order valence-corrected chi connectivity index (χ3v) is 18.8. The molecule has 0 spiro atoms. The number of amides is 4. The van der Waals surface area contributed by atoms with E-state index in [0.29, 0.717) is 0 Å². The molecule has 47 heteroatoms. The predicted molar refractivity (Wildman–Crippen MR) is 323 cm³/mol. The van der Waals surface area contributed by atoms with E-state index >= 15 is 0 Å². The Balaban J connectivity index is 0.945.